The molecule has 1 rings (SSSR count). The molecule has 1 unspecified atom stereocenters. The zero-order valence-corrected chi connectivity index (χ0v) is 21.2. The lowest BCUT2D eigenvalue weighted by molar-refractivity contribution is -0.135. The summed E-state index contributed by atoms with van der Waals surface area (Å²) < 4.78 is 0. The Hall–Kier alpha value is -1.51. The number of ketones is 1. The number of aliphatic hydroxyl groups is 1. The van der Waals surface area contributed by atoms with Crippen LogP contribution >= 0.6 is 0 Å². The number of hydrogen-bond acceptors (Lipinski definition) is 6. The zero-order valence-electron chi connectivity index (χ0n) is 21.2. The summed E-state index contributed by atoms with van der Waals surface area (Å²) in [5, 5.41) is 18.8. The molecule has 6 N–H and O–H groups in total. The standard InChI is InChI=1S/C25H48N4O4/c1-5-6-7-8-9-10-11-19-13-15-27-21(16-19)24(32)29-22(18(4)30)25(33)28-20(12-14-26)23(31)17(2)3/h17-22,27,30H,5-16,26H2,1-4H3,(H,28,33)(H,29,32)/t18?,19-,20-,21+,22-/m0/s1. The highest BCUT2D eigenvalue weighted by Gasteiger charge is 2.33. The molecule has 1 aliphatic rings. The molecule has 5 atom stereocenters. The van der Waals surface area contributed by atoms with E-state index in [0.29, 0.717) is 12.3 Å². The van der Waals surface area contributed by atoms with Crippen LogP contribution in [0.15, 0.2) is 0 Å². The van der Waals surface area contributed by atoms with Gasteiger partial charge in [-0.3, -0.25) is 14.4 Å². The lowest BCUT2D eigenvalue weighted by Crippen LogP contribution is -2.59. The number of piperidine rings is 1. The van der Waals surface area contributed by atoms with E-state index in [1.807, 2.05) is 0 Å². The molecule has 0 aromatic carbocycles. The van der Waals surface area contributed by atoms with Gasteiger partial charge in [-0.25, -0.2) is 0 Å². The molecule has 1 saturated heterocycles. The Labute approximate surface area is 200 Å². The van der Waals surface area contributed by atoms with Crippen molar-refractivity contribution in [3.63, 3.8) is 0 Å². The third-order valence-corrected chi connectivity index (χ3v) is 6.54. The van der Waals surface area contributed by atoms with Crippen molar-refractivity contribution in [2.24, 2.45) is 17.6 Å². The lowest BCUT2D eigenvalue weighted by atomic mass is 9.87. The van der Waals surface area contributed by atoms with Crippen LogP contribution in [0, 0.1) is 11.8 Å². The van der Waals surface area contributed by atoms with Gasteiger partial charge >= 0.3 is 0 Å². The highest BCUT2D eigenvalue weighted by atomic mass is 16.3. The maximum atomic E-state index is 12.9. The third kappa shape index (κ3) is 11.0. The van der Waals surface area contributed by atoms with Crippen molar-refractivity contribution in [2.45, 2.75) is 116 Å². The lowest BCUT2D eigenvalue weighted by Gasteiger charge is -2.31. The van der Waals surface area contributed by atoms with Crippen molar-refractivity contribution in [1.29, 1.82) is 0 Å². The fourth-order valence-electron chi connectivity index (χ4n) is 4.45. The molecule has 1 fully saturated rings. The van der Waals surface area contributed by atoms with E-state index in [9.17, 15) is 19.5 Å². The Bertz CT molecular complexity index is 597. The van der Waals surface area contributed by atoms with Gasteiger partial charge in [0, 0.05) is 5.92 Å². The molecule has 1 heterocycles. The Balaban J connectivity index is 2.61. The maximum Gasteiger partial charge on any atom is 0.245 e. The Morgan fingerprint density at radius 3 is 2.33 bits per heavy atom. The smallest absolute Gasteiger partial charge is 0.245 e. The summed E-state index contributed by atoms with van der Waals surface area (Å²) in [6.45, 7) is 8.23. The number of carbonyl (C=O) groups is 3. The van der Waals surface area contributed by atoms with Crippen LogP contribution in [0.4, 0.5) is 0 Å². The summed E-state index contributed by atoms with van der Waals surface area (Å²) in [6, 6.07) is -2.23. The second-order valence-electron chi connectivity index (χ2n) is 9.88. The predicted octanol–water partition coefficient (Wildman–Crippen LogP) is 2.03. The number of rotatable bonds is 16. The summed E-state index contributed by atoms with van der Waals surface area (Å²) in [5.41, 5.74) is 5.60. The summed E-state index contributed by atoms with van der Waals surface area (Å²) in [5.74, 6) is -0.725. The van der Waals surface area contributed by atoms with Crippen LogP contribution in [0.2, 0.25) is 0 Å². The third-order valence-electron chi connectivity index (χ3n) is 6.54. The fourth-order valence-corrected chi connectivity index (χ4v) is 4.45. The molecular weight excluding hydrogens is 420 g/mol. The van der Waals surface area contributed by atoms with Gasteiger partial charge in [0.05, 0.1) is 18.2 Å². The number of nitrogens with two attached hydrogens (primary N) is 1. The number of hydrogen-bond donors (Lipinski definition) is 5. The molecule has 1 aliphatic heterocycles. The van der Waals surface area contributed by atoms with Gasteiger partial charge in [-0.05, 0) is 45.2 Å². The molecule has 0 saturated carbocycles. The number of aliphatic hydroxyl groups excluding tert-OH is 1. The summed E-state index contributed by atoms with van der Waals surface area (Å²) >= 11 is 0. The van der Waals surface area contributed by atoms with E-state index in [1.54, 1.807) is 13.8 Å². The van der Waals surface area contributed by atoms with E-state index in [0.717, 1.165) is 25.8 Å². The molecule has 0 radical (unpaired) electrons. The van der Waals surface area contributed by atoms with Gasteiger partial charge in [0.25, 0.3) is 0 Å². The monoisotopic (exact) mass is 468 g/mol. The number of amides is 2. The van der Waals surface area contributed by atoms with Crippen LogP contribution in [0.25, 0.3) is 0 Å². The molecule has 0 bridgehead atoms. The minimum Gasteiger partial charge on any atom is -0.391 e. The van der Waals surface area contributed by atoms with Gasteiger partial charge in [-0.2, -0.15) is 0 Å². The van der Waals surface area contributed by atoms with E-state index in [-0.39, 0.29) is 30.2 Å². The first-order chi connectivity index (χ1) is 15.7. The Morgan fingerprint density at radius 2 is 1.73 bits per heavy atom. The number of carbonyl (C=O) groups excluding carboxylic acids is 3. The van der Waals surface area contributed by atoms with Crippen molar-refractivity contribution in [3.05, 3.63) is 0 Å². The minimum absolute atomic E-state index is 0.115. The predicted molar refractivity (Wildman–Crippen MR) is 132 cm³/mol. The molecule has 0 aliphatic carbocycles. The fraction of sp³-hybridized carbons (Fsp3) is 0.880. The van der Waals surface area contributed by atoms with Crippen LogP contribution < -0.4 is 21.7 Å². The van der Waals surface area contributed by atoms with E-state index < -0.39 is 24.1 Å². The second kappa shape index (κ2) is 16.2. The van der Waals surface area contributed by atoms with Crippen molar-refractivity contribution in [2.75, 3.05) is 13.1 Å². The maximum absolute atomic E-state index is 12.9. The SMILES string of the molecule is CCCCCCCC[C@H]1CCN[C@@H](C(=O)N[C@H](C(=O)N[C@@H](CCN)C(=O)C(C)C)C(C)O)C1. The second-order valence-corrected chi connectivity index (χ2v) is 9.88. The number of unbranched alkanes of at least 4 members (excludes halogenated alkanes) is 5. The van der Waals surface area contributed by atoms with Crippen molar-refractivity contribution >= 4 is 17.6 Å². The van der Waals surface area contributed by atoms with Crippen molar-refractivity contribution < 1.29 is 19.5 Å². The molecule has 8 heteroatoms. The molecule has 33 heavy (non-hydrogen) atoms. The number of nitrogens with one attached hydrogen (secondary N) is 3. The molecular formula is C25H48N4O4. The van der Waals surface area contributed by atoms with Crippen LogP contribution in [-0.2, 0) is 14.4 Å². The van der Waals surface area contributed by atoms with E-state index in [1.165, 1.54) is 45.4 Å². The Kier molecular flexibility index (Phi) is 14.5. The number of Topliss-reactive ketones (excluding diaryl/α,β-unsaturated/α-hetero) is 1. The molecule has 8 nitrogen and oxygen atoms in total. The first-order valence-corrected chi connectivity index (χ1v) is 13.0. The Morgan fingerprint density at radius 1 is 1.06 bits per heavy atom. The topological polar surface area (TPSA) is 134 Å². The summed E-state index contributed by atoms with van der Waals surface area (Å²) in [7, 11) is 0. The molecule has 2 amide bonds. The molecule has 0 aromatic heterocycles. The molecule has 192 valence electrons. The molecule has 0 aromatic rings. The van der Waals surface area contributed by atoms with Crippen LogP contribution in [0.1, 0.15) is 91.9 Å². The van der Waals surface area contributed by atoms with Gasteiger partial charge in [0.1, 0.15) is 6.04 Å². The highest BCUT2D eigenvalue weighted by Crippen LogP contribution is 2.23. The van der Waals surface area contributed by atoms with Crippen LogP contribution in [-0.4, -0.2) is 60.0 Å². The minimum atomic E-state index is -1.13. The van der Waals surface area contributed by atoms with Gasteiger partial charge in [0.15, 0.2) is 5.78 Å². The highest BCUT2D eigenvalue weighted by molar-refractivity contribution is 5.94. The van der Waals surface area contributed by atoms with Crippen LogP contribution in [0.5, 0.6) is 0 Å². The van der Waals surface area contributed by atoms with Gasteiger partial charge in [0.2, 0.25) is 11.8 Å². The largest absolute Gasteiger partial charge is 0.391 e. The van der Waals surface area contributed by atoms with E-state index in [4.69, 9.17) is 5.73 Å². The quantitative estimate of drug-likeness (QED) is 0.220. The summed E-state index contributed by atoms with van der Waals surface area (Å²) in [6.07, 6.45) is 9.67. The summed E-state index contributed by atoms with van der Waals surface area (Å²) in [4.78, 5) is 38.1. The zero-order chi connectivity index (χ0) is 24.8. The van der Waals surface area contributed by atoms with Crippen LogP contribution in [0.3, 0.4) is 0 Å². The average molecular weight is 469 g/mol. The van der Waals surface area contributed by atoms with E-state index >= 15 is 0 Å². The van der Waals surface area contributed by atoms with Gasteiger partial charge < -0.3 is 26.8 Å². The van der Waals surface area contributed by atoms with Gasteiger partial charge in [-0.1, -0.05) is 65.7 Å². The van der Waals surface area contributed by atoms with Gasteiger partial charge in [-0.15, -0.1) is 0 Å². The first kappa shape index (κ1) is 29.5. The normalized spacial score (nSPS) is 21.3. The van der Waals surface area contributed by atoms with Crippen molar-refractivity contribution in [1.82, 2.24) is 16.0 Å². The first-order valence-electron chi connectivity index (χ1n) is 13.0. The average Bonchev–Trinajstić information content (AvgIpc) is 2.78. The molecule has 0 spiro atoms. The van der Waals surface area contributed by atoms with Crippen molar-refractivity contribution in [3.8, 4) is 0 Å². The van der Waals surface area contributed by atoms with E-state index in [2.05, 4.69) is 22.9 Å².